The second-order valence-corrected chi connectivity index (χ2v) is 7.42. The van der Waals surface area contributed by atoms with Gasteiger partial charge >= 0.3 is 0 Å². The molecule has 0 aliphatic rings. The zero-order valence-corrected chi connectivity index (χ0v) is 14.5. The second-order valence-electron chi connectivity index (χ2n) is 6.48. The number of carbonyl (C=O) groups excluding carboxylic acids is 1. The molecule has 0 aliphatic carbocycles. The number of carbonyl (C=O) groups is 1. The largest absolute Gasteiger partial charge is 0.396 e. The molecule has 0 aromatic carbocycles. The number of amides is 1. The lowest BCUT2D eigenvalue weighted by Crippen LogP contribution is -2.46. The summed E-state index contributed by atoms with van der Waals surface area (Å²) in [4.78, 5) is 16.4. The van der Waals surface area contributed by atoms with Crippen LogP contribution in [0.15, 0.2) is 17.6 Å². The molecule has 5 nitrogen and oxygen atoms in total. The van der Waals surface area contributed by atoms with Crippen molar-refractivity contribution in [2.24, 2.45) is 0 Å². The third-order valence-electron chi connectivity index (χ3n) is 3.55. The lowest BCUT2D eigenvalue weighted by Gasteiger charge is -2.29. The first-order valence-corrected chi connectivity index (χ1v) is 8.29. The van der Waals surface area contributed by atoms with Crippen LogP contribution in [0.4, 0.5) is 0 Å². The van der Waals surface area contributed by atoms with Gasteiger partial charge in [-0.2, -0.15) is 0 Å². The Kier molecular flexibility index (Phi) is 6.28. The number of thioether (sulfide) groups is 1. The molecule has 2 N–H and O–H groups in total. The third kappa shape index (κ3) is 5.36. The molecule has 1 aromatic rings. The van der Waals surface area contributed by atoms with Crippen molar-refractivity contribution in [3.63, 3.8) is 0 Å². The number of imidazole rings is 1. The van der Waals surface area contributed by atoms with E-state index >= 15 is 0 Å². The fourth-order valence-electron chi connectivity index (χ4n) is 1.98. The first-order chi connectivity index (χ1) is 9.72. The van der Waals surface area contributed by atoms with Gasteiger partial charge in [-0.05, 0) is 40.5 Å². The summed E-state index contributed by atoms with van der Waals surface area (Å²) in [6.45, 7) is 10.4. The summed E-state index contributed by atoms with van der Waals surface area (Å²) in [5.74, 6) is 0.301. The Morgan fingerprint density at radius 1 is 1.43 bits per heavy atom. The molecule has 21 heavy (non-hydrogen) atoms. The van der Waals surface area contributed by atoms with Crippen molar-refractivity contribution in [3.8, 4) is 0 Å². The minimum Gasteiger partial charge on any atom is -0.396 e. The molecule has 0 fully saturated rings. The smallest absolute Gasteiger partial charge is 0.230 e. The van der Waals surface area contributed by atoms with Crippen LogP contribution in [0.5, 0.6) is 0 Å². The van der Waals surface area contributed by atoms with E-state index in [1.165, 1.54) is 11.8 Å². The Labute approximate surface area is 131 Å². The average Bonchev–Trinajstić information content (AvgIpc) is 2.85. The molecular weight excluding hydrogens is 286 g/mol. The van der Waals surface area contributed by atoms with Crippen LogP contribution in [0.25, 0.3) is 0 Å². The van der Waals surface area contributed by atoms with Crippen LogP contribution in [-0.4, -0.2) is 38.5 Å². The molecule has 6 heteroatoms. The highest BCUT2D eigenvalue weighted by atomic mass is 32.2. The van der Waals surface area contributed by atoms with Gasteiger partial charge in [0, 0.05) is 30.1 Å². The second kappa shape index (κ2) is 7.31. The summed E-state index contributed by atoms with van der Waals surface area (Å²) in [5.41, 5.74) is -0.393. The molecule has 120 valence electrons. The molecule has 1 unspecified atom stereocenters. The minimum atomic E-state index is -0.341. The van der Waals surface area contributed by atoms with Crippen LogP contribution in [0.3, 0.4) is 0 Å². The van der Waals surface area contributed by atoms with E-state index in [0.29, 0.717) is 12.2 Å². The summed E-state index contributed by atoms with van der Waals surface area (Å²) < 4.78 is 2.07. The van der Waals surface area contributed by atoms with Crippen molar-refractivity contribution in [2.75, 3.05) is 12.4 Å². The van der Waals surface area contributed by atoms with Crippen molar-refractivity contribution < 1.29 is 9.90 Å². The summed E-state index contributed by atoms with van der Waals surface area (Å²) in [6, 6.07) is 0. The third-order valence-corrected chi connectivity index (χ3v) is 4.51. The monoisotopic (exact) mass is 313 g/mol. The average molecular weight is 313 g/mol. The molecule has 0 bridgehead atoms. The van der Waals surface area contributed by atoms with Crippen molar-refractivity contribution >= 4 is 17.7 Å². The van der Waals surface area contributed by atoms with Gasteiger partial charge in [0.1, 0.15) is 0 Å². The molecule has 1 rings (SSSR count). The van der Waals surface area contributed by atoms with Gasteiger partial charge in [-0.25, -0.2) is 4.98 Å². The van der Waals surface area contributed by atoms with E-state index in [4.69, 9.17) is 5.11 Å². The normalized spacial score (nSPS) is 14.8. The van der Waals surface area contributed by atoms with E-state index in [-0.39, 0.29) is 23.6 Å². The fraction of sp³-hybridized carbons (Fsp3) is 0.733. The quantitative estimate of drug-likeness (QED) is 0.759. The molecule has 0 radical (unpaired) electrons. The van der Waals surface area contributed by atoms with Crippen molar-refractivity contribution in [3.05, 3.63) is 12.4 Å². The van der Waals surface area contributed by atoms with Gasteiger partial charge in [0.05, 0.1) is 5.75 Å². The molecule has 1 atom stereocenters. The Morgan fingerprint density at radius 3 is 2.62 bits per heavy atom. The number of aliphatic hydroxyl groups is 1. The zero-order valence-electron chi connectivity index (χ0n) is 13.6. The van der Waals surface area contributed by atoms with E-state index in [9.17, 15) is 4.79 Å². The topological polar surface area (TPSA) is 67.2 Å². The Bertz CT molecular complexity index is 468. The van der Waals surface area contributed by atoms with Crippen LogP contribution in [-0.2, 0) is 10.3 Å². The zero-order chi connectivity index (χ0) is 16.1. The maximum atomic E-state index is 12.1. The maximum absolute atomic E-state index is 12.1. The number of hydrogen-bond acceptors (Lipinski definition) is 4. The molecule has 1 heterocycles. The van der Waals surface area contributed by atoms with E-state index in [0.717, 1.165) is 11.6 Å². The molecule has 0 aliphatic heterocycles. The van der Waals surface area contributed by atoms with Gasteiger partial charge in [0.25, 0.3) is 0 Å². The van der Waals surface area contributed by atoms with E-state index in [1.54, 1.807) is 6.20 Å². The van der Waals surface area contributed by atoms with E-state index in [2.05, 4.69) is 35.6 Å². The number of nitrogens with one attached hydrogen (secondary N) is 1. The van der Waals surface area contributed by atoms with E-state index < -0.39 is 0 Å². The highest BCUT2D eigenvalue weighted by Gasteiger charge is 2.24. The van der Waals surface area contributed by atoms with Crippen molar-refractivity contribution in [1.82, 2.24) is 14.9 Å². The predicted octanol–water partition coefficient (Wildman–Crippen LogP) is 2.40. The van der Waals surface area contributed by atoms with Crippen LogP contribution < -0.4 is 5.32 Å². The Balaban J connectivity index is 2.60. The van der Waals surface area contributed by atoms with Crippen molar-refractivity contribution in [2.45, 2.75) is 63.7 Å². The Hall–Kier alpha value is -1.01. The number of aromatic nitrogens is 2. The van der Waals surface area contributed by atoms with Crippen LogP contribution in [0.1, 0.15) is 47.5 Å². The highest BCUT2D eigenvalue weighted by Crippen LogP contribution is 2.24. The summed E-state index contributed by atoms with van der Waals surface area (Å²) in [7, 11) is 0. The maximum Gasteiger partial charge on any atom is 0.230 e. The SMILES string of the molecule is CCC(C)(CCO)NC(=O)CSc1nccn1C(C)(C)C. The summed E-state index contributed by atoms with van der Waals surface area (Å²) in [6.07, 6.45) is 5.05. The summed E-state index contributed by atoms with van der Waals surface area (Å²) in [5, 5.41) is 12.9. The number of hydrogen-bond donors (Lipinski definition) is 2. The van der Waals surface area contributed by atoms with E-state index in [1.807, 2.05) is 20.0 Å². The number of rotatable bonds is 7. The number of aliphatic hydroxyl groups excluding tert-OH is 1. The number of nitrogens with zero attached hydrogens (tertiary/aromatic N) is 2. The van der Waals surface area contributed by atoms with Gasteiger partial charge < -0.3 is 15.0 Å². The first kappa shape index (κ1) is 18.0. The lowest BCUT2D eigenvalue weighted by molar-refractivity contribution is -0.120. The van der Waals surface area contributed by atoms with Gasteiger partial charge in [-0.15, -0.1) is 0 Å². The fourth-order valence-corrected chi connectivity index (χ4v) is 2.93. The van der Waals surface area contributed by atoms with Crippen LogP contribution >= 0.6 is 11.8 Å². The molecule has 1 amide bonds. The first-order valence-electron chi connectivity index (χ1n) is 7.30. The van der Waals surface area contributed by atoms with Gasteiger partial charge in [0.15, 0.2) is 5.16 Å². The molecule has 0 spiro atoms. The molecule has 1 aromatic heterocycles. The van der Waals surface area contributed by atoms with Gasteiger partial charge in [-0.1, -0.05) is 18.7 Å². The van der Waals surface area contributed by atoms with Gasteiger partial charge in [-0.3, -0.25) is 4.79 Å². The minimum absolute atomic E-state index is 0.0266. The molecule has 0 saturated heterocycles. The van der Waals surface area contributed by atoms with Gasteiger partial charge in [0.2, 0.25) is 5.91 Å². The standard InChI is InChI=1S/C15H27N3O2S/c1-6-15(5,7-10-19)17-12(20)11-21-13-16-8-9-18(13)14(2,3)4/h8-9,19H,6-7,10-11H2,1-5H3,(H,17,20). The van der Waals surface area contributed by atoms with Crippen LogP contribution in [0.2, 0.25) is 0 Å². The predicted molar refractivity (Wildman–Crippen MR) is 86.5 cm³/mol. The van der Waals surface area contributed by atoms with Crippen molar-refractivity contribution in [1.29, 1.82) is 0 Å². The molecule has 0 saturated carbocycles. The lowest BCUT2D eigenvalue weighted by atomic mass is 9.95. The van der Waals surface area contributed by atoms with Crippen LogP contribution in [0, 0.1) is 0 Å². The molecular formula is C15H27N3O2S. The highest BCUT2D eigenvalue weighted by molar-refractivity contribution is 7.99. The summed E-state index contributed by atoms with van der Waals surface area (Å²) >= 11 is 1.44. The Morgan fingerprint density at radius 2 is 2.10 bits per heavy atom.